The number of alkyl carbamates (subject to hydrolysis) is 1. The van der Waals surface area contributed by atoms with Crippen molar-refractivity contribution in [2.24, 2.45) is 0 Å². The van der Waals surface area contributed by atoms with E-state index in [-0.39, 0.29) is 12.2 Å². The van der Waals surface area contributed by atoms with E-state index in [4.69, 9.17) is 9.47 Å². The third-order valence-electron chi connectivity index (χ3n) is 4.83. The maximum absolute atomic E-state index is 15.0. The Labute approximate surface area is 220 Å². The van der Waals surface area contributed by atoms with Crippen molar-refractivity contribution in [1.82, 2.24) is 5.32 Å². The Hall–Kier alpha value is -3.49. The molecule has 0 saturated carbocycles. The van der Waals surface area contributed by atoms with Gasteiger partial charge in [-0.3, -0.25) is 4.79 Å². The average Bonchev–Trinajstić information content (AvgIpc) is 2.72. The molecule has 8 nitrogen and oxygen atoms in total. The summed E-state index contributed by atoms with van der Waals surface area (Å²) in [7, 11) is -6.28. The van der Waals surface area contributed by atoms with Crippen molar-refractivity contribution in [3.63, 3.8) is 0 Å². The second-order valence-electron chi connectivity index (χ2n) is 9.15. The van der Waals surface area contributed by atoms with Crippen LogP contribution in [0.15, 0.2) is 24.3 Å². The van der Waals surface area contributed by atoms with Gasteiger partial charge >= 0.3 is 27.7 Å². The first-order valence-corrected chi connectivity index (χ1v) is 12.6. The third kappa shape index (κ3) is 8.25. The van der Waals surface area contributed by atoms with Crippen LogP contribution in [0.1, 0.15) is 51.3 Å². The highest BCUT2D eigenvalue weighted by molar-refractivity contribution is 7.88. The quantitative estimate of drug-likeness (QED) is 0.180. The Kier molecular flexibility index (Phi) is 9.53. The average molecular weight is 586 g/mol. The Morgan fingerprint density at radius 2 is 1.64 bits per heavy atom. The summed E-state index contributed by atoms with van der Waals surface area (Å²) in [5.41, 5.74) is -8.76. The number of hydrogen-bond acceptors (Lipinski definition) is 7. The summed E-state index contributed by atoms with van der Waals surface area (Å²) < 4.78 is 120. The summed E-state index contributed by atoms with van der Waals surface area (Å²) >= 11 is 0. The first-order valence-electron chi connectivity index (χ1n) is 11.2. The number of nitrogens with one attached hydrogen (secondary N) is 1. The number of esters is 1. The number of amides is 1. The van der Waals surface area contributed by atoms with E-state index >= 15 is 4.39 Å². The second-order valence-corrected chi connectivity index (χ2v) is 10.7. The zero-order valence-corrected chi connectivity index (χ0v) is 22.2. The second kappa shape index (κ2) is 11.7. The molecule has 0 spiro atoms. The van der Waals surface area contributed by atoms with Crippen LogP contribution in [0, 0.1) is 24.4 Å². The zero-order chi connectivity index (χ0) is 29.9. The fourth-order valence-electron chi connectivity index (χ4n) is 3.40. The van der Waals surface area contributed by atoms with E-state index in [1.165, 1.54) is 27.7 Å². The van der Waals surface area contributed by atoms with Crippen LogP contribution >= 0.6 is 0 Å². The number of hydrogen-bond donors (Lipinski definition) is 1. The third-order valence-corrected chi connectivity index (χ3v) is 5.80. The highest BCUT2D eigenvalue weighted by Gasteiger charge is 2.49. The lowest BCUT2D eigenvalue weighted by Crippen LogP contribution is -2.36. The molecule has 0 aromatic heterocycles. The van der Waals surface area contributed by atoms with Crippen LogP contribution in [-0.2, 0) is 24.4 Å². The number of benzene rings is 2. The molecule has 0 aliphatic heterocycles. The highest BCUT2D eigenvalue weighted by atomic mass is 32.2. The summed E-state index contributed by atoms with van der Waals surface area (Å²) in [5, 5.41) is 2.22. The molecule has 0 bridgehead atoms. The normalized spacial score (nSPS) is 13.0. The van der Waals surface area contributed by atoms with Gasteiger partial charge in [0.2, 0.25) is 0 Å². The standard InChI is InChI=1S/C24H25F6NO7S/c1-6-36-19(32)11-17(31-22(33)37-23(3,4)5)15-8-13(9-16(26)21(15)27)20-12(2)7-14(25)10-18(20)38-39(34,35)24(28,29)30/h7-10,17H,6,11H2,1-5H3,(H,31,33)/t17-/m0/s1. The fourth-order valence-corrected chi connectivity index (χ4v) is 3.86. The van der Waals surface area contributed by atoms with Crippen molar-refractivity contribution in [1.29, 1.82) is 0 Å². The summed E-state index contributed by atoms with van der Waals surface area (Å²) in [6.45, 7) is 7.09. The lowest BCUT2D eigenvalue weighted by Gasteiger charge is -2.24. The monoisotopic (exact) mass is 585 g/mol. The van der Waals surface area contributed by atoms with Crippen LogP contribution < -0.4 is 9.50 Å². The summed E-state index contributed by atoms with van der Waals surface area (Å²) in [6.07, 6.45) is -1.85. The van der Waals surface area contributed by atoms with Gasteiger partial charge in [0.05, 0.1) is 19.1 Å². The molecule has 1 atom stereocenters. The van der Waals surface area contributed by atoms with E-state index < -0.39 is 85.6 Å². The van der Waals surface area contributed by atoms with Crippen LogP contribution in [0.2, 0.25) is 0 Å². The molecule has 0 aliphatic carbocycles. The van der Waals surface area contributed by atoms with E-state index in [9.17, 15) is 40.0 Å². The van der Waals surface area contributed by atoms with E-state index in [0.717, 1.165) is 19.1 Å². The minimum absolute atomic E-state index is 0.0853. The molecule has 0 heterocycles. The van der Waals surface area contributed by atoms with E-state index in [0.29, 0.717) is 12.1 Å². The van der Waals surface area contributed by atoms with Crippen molar-refractivity contribution >= 4 is 22.2 Å². The van der Waals surface area contributed by atoms with Crippen LogP contribution in [0.25, 0.3) is 11.1 Å². The molecule has 2 rings (SSSR count). The molecule has 1 N–H and O–H groups in total. The molecule has 0 radical (unpaired) electrons. The number of alkyl halides is 3. The van der Waals surface area contributed by atoms with Crippen molar-refractivity contribution in [3.05, 3.63) is 52.8 Å². The number of ether oxygens (including phenoxy) is 2. The Morgan fingerprint density at radius 3 is 2.18 bits per heavy atom. The largest absolute Gasteiger partial charge is 0.534 e. The first kappa shape index (κ1) is 31.7. The highest BCUT2D eigenvalue weighted by Crippen LogP contribution is 2.39. The molecular formula is C24H25F6NO7S. The SMILES string of the molecule is CCOC(=O)C[C@H](NC(=O)OC(C)(C)C)c1cc(-c2c(C)cc(F)cc2OS(=O)(=O)C(F)(F)F)cc(F)c1F. The van der Waals surface area contributed by atoms with Gasteiger partial charge in [-0.2, -0.15) is 21.6 Å². The molecule has 2 aromatic carbocycles. The Balaban J connectivity index is 2.73. The van der Waals surface area contributed by atoms with Crippen molar-refractivity contribution < 1.29 is 58.0 Å². The lowest BCUT2D eigenvalue weighted by atomic mass is 9.94. The number of carbonyl (C=O) groups excluding carboxylic acids is 2. The molecule has 0 saturated heterocycles. The van der Waals surface area contributed by atoms with Crippen molar-refractivity contribution in [2.75, 3.05) is 6.61 Å². The lowest BCUT2D eigenvalue weighted by molar-refractivity contribution is -0.143. The fraction of sp³-hybridized carbons (Fsp3) is 0.417. The molecule has 1 amide bonds. The molecule has 216 valence electrons. The van der Waals surface area contributed by atoms with Crippen LogP contribution in [0.5, 0.6) is 5.75 Å². The number of rotatable bonds is 8. The Bertz CT molecular complexity index is 1350. The molecule has 2 aromatic rings. The predicted octanol–water partition coefficient (Wildman–Crippen LogP) is 5.83. The first-order chi connectivity index (χ1) is 17.8. The topological polar surface area (TPSA) is 108 Å². The molecule has 15 heteroatoms. The van der Waals surface area contributed by atoms with Crippen LogP contribution in [0.3, 0.4) is 0 Å². The van der Waals surface area contributed by atoms with Crippen molar-refractivity contribution in [2.45, 2.75) is 58.2 Å². The molecule has 0 fully saturated rings. The molecule has 0 unspecified atom stereocenters. The minimum Gasteiger partial charge on any atom is -0.466 e. The van der Waals surface area contributed by atoms with Gasteiger partial charge in [0.15, 0.2) is 17.4 Å². The number of aryl methyl sites for hydroxylation is 1. The zero-order valence-electron chi connectivity index (χ0n) is 21.3. The maximum Gasteiger partial charge on any atom is 0.534 e. The smallest absolute Gasteiger partial charge is 0.466 e. The van der Waals surface area contributed by atoms with Gasteiger partial charge < -0.3 is 19.0 Å². The number of carbonyl (C=O) groups is 2. The molecular weight excluding hydrogens is 560 g/mol. The minimum atomic E-state index is -6.28. The van der Waals surface area contributed by atoms with Gasteiger partial charge in [-0.15, -0.1) is 0 Å². The van der Waals surface area contributed by atoms with E-state index in [1.807, 2.05) is 0 Å². The van der Waals surface area contributed by atoms with Crippen molar-refractivity contribution in [3.8, 4) is 16.9 Å². The Morgan fingerprint density at radius 1 is 1.03 bits per heavy atom. The van der Waals surface area contributed by atoms with Gasteiger partial charge in [0.25, 0.3) is 0 Å². The molecule has 0 aliphatic rings. The van der Waals surface area contributed by atoms with Gasteiger partial charge in [0.1, 0.15) is 11.4 Å². The maximum atomic E-state index is 15.0. The van der Waals surface area contributed by atoms with E-state index in [2.05, 4.69) is 9.50 Å². The summed E-state index contributed by atoms with van der Waals surface area (Å²) in [5.74, 6) is -6.41. The summed E-state index contributed by atoms with van der Waals surface area (Å²) in [6, 6.07) is 0.839. The van der Waals surface area contributed by atoms with Gasteiger partial charge in [-0.05, 0) is 63.9 Å². The van der Waals surface area contributed by atoms with Gasteiger partial charge in [-0.25, -0.2) is 18.0 Å². The summed E-state index contributed by atoms with van der Waals surface area (Å²) in [4.78, 5) is 24.6. The van der Waals surface area contributed by atoms with Gasteiger partial charge in [-0.1, -0.05) is 0 Å². The van der Waals surface area contributed by atoms with E-state index in [1.54, 1.807) is 0 Å². The van der Waals surface area contributed by atoms with Crippen LogP contribution in [-0.4, -0.2) is 38.2 Å². The predicted molar refractivity (Wildman–Crippen MR) is 125 cm³/mol. The molecule has 39 heavy (non-hydrogen) atoms. The van der Waals surface area contributed by atoms with Crippen LogP contribution in [0.4, 0.5) is 31.1 Å². The number of halogens is 6. The van der Waals surface area contributed by atoms with Gasteiger partial charge in [0, 0.05) is 17.2 Å².